The summed E-state index contributed by atoms with van der Waals surface area (Å²) in [5, 5.41) is 12.0. The van der Waals surface area contributed by atoms with Crippen LogP contribution in [0, 0.1) is 0 Å². The second kappa shape index (κ2) is 3.40. The molecule has 1 atom stereocenters. The first-order valence-corrected chi connectivity index (χ1v) is 4.36. The van der Waals surface area contributed by atoms with Crippen LogP contribution < -0.4 is 5.32 Å². The van der Waals surface area contributed by atoms with Gasteiger partial charge in [0.2, 0.25) is 0 Å². The van der Waals surface area contributed by atoms with Gasteiger partial charge >= 0.3 is 0 Å². The van der Waals surface area contributed by atoms with Crippen LogP contribution in [0.5, 0.6) is 0 Å². The van der Waals surface area contributed by atoms with Gasteiger partial charge in [0, 0.05) is 15.7 Å². The van der Waals surface area contributed by atoms with Crippen molar-refractivity contribution in [2.24, 2.45) is 0 Å². The smallest absolute Gasteiger partial charge is 0.128 e. The van der Waals surface area contributed by atoms with Crippen molar-refractivity contribution in [1.82, 2.24) is 5.32 Å². The maximum absolute atomic E-state index is 9.14. The van der Waals surface area contributed by atoms with Gasteiger partial charge in [0.05, 0.1) is 0 Å². The molecule has 0 amide bonds. The Bertz CT molecular complexity index is 232. The lowest BCUT2D eigenvalue weighted by Gasteiger charge is -1.98. The zero-order chi connectivity index (χ0) is 8.43. The summed E-state index contributed by atoms with van der Waals surface area (Å²) in [7, 11) is 0. The van der Waals surface area contributed by atoms with Gasteiger partial charge in [-0.2, -0.15) is 0 Å². The second-order valence-electron chi connectivity index (χ2n) is 2.46. The van der Waals surface area contributed by atoms with Crippen molar-refractivity contribution in [2.75, 3.05) is 0 Å². The zero-order valence-corrected chi connectivity index (χ0v) is 8.26. The van der Waals surface area contributed by atoms with Gasteiger partial charge in [0.1, 0.15) is 6.23 Å². The summed E-state index contributed by atoms with van der Waals surface area (Å²) in [5.74, 6) is 0. The maximum atomic E-state index is 9.14. The monoisotopic (exact) mass is 263 g/mol. The fraction of sp³-hybridized carbons (Fsp3) is 0.250. The van der Waals surface area contributed by atoms with Gasteiger partial charge in [0.15, 0.2) is 0 Å². The highest BCUT2D eigenvalue weighted by Gasteiger charge is 2.18. The van der Waals surface area contributed by atoms with E-state index in [4.69, 9.17) is 5.11 Å². The molecule has 0 aromatic rings. The van der Waals surface area contributed by atoms with Gasteiger partial charge < -0.3 is 10.4 Å². The predicted molar refractivity (Wildman–Crippen MR) is 54.1 cm³/mol. The van der Waals surface area contributed by atoms with E-state index in [-0.39, 0.29) is 0 Å². The summed E-state index contributed by atoms with van der Waals surface area (Å²) in [6.45, 7) is 7.49. The molecule has 0 aliphatic carbocycles. The molecule has 0 aromatic heterocycles. The van der Waals surface area contributed by atoms with Crippen molar-refractivity contribution < 1.29 is 5.11 Å². The predicted octanol–water partition coefficient (Wildman–Crippen LogP) is 1.69. The van der Waals surface area contributed by atoms with Gasteiger partial charge in [-0.1, -0.05) is 13.2 Å². The Morgan fingerprint density at radius 2 is 2.45 bits per heavy atom. The number of halogens is 1. The Kier molecular flexibility index (Phi) is 2.72. The fourth-order valence-electron chi connectivity index (χ4n) is 1.01. The van der Waals surface area contributed by atoms with E-state index >= 15 is 0 Å². The molecule has 0 spiro atoms. The van der Waals surface area contributed by atoms with Crippen LogP contribution in [0.15, 0.2) is 34.1 Å². The molecule has 2 N–H and O–H groups in total. The van der Waals surface area contributed by atoms with Crippen molar-refractivity contribution in [3.63, 3.8) is 0 Å². The quantitative estimate of drug-likeness (QED) is 0.705. The highest BCUT2D eigenvalue weighted by Crippen LogP contribution is 2.22. The maximum Gasteiger partial charge on any atom is 0.128 e. The number of nitrogens with one attached hydrogen (secondary N) is 1. The lowest BCUT2D eigenvalue weighted by atomic mass is 10.2. The summed E-state index contributed by atoms with van der Waals surface area (Å²) < 4.78 is 0.953. The molecule has 0 aromatic carbocycles. The first-order chi connectivity index (χ1) is 5.09. The van der Waals surface area contributed by atoms with Gasteiger partial charge in [-0.3, -0.25) is 0 Å². The second-order valence-corrected chi connectivity index (χ2v) is 3.84. The Hall–Kier alpha value is -0.290. The third-order valence-electron chi connectivity index (χ3n) is 1.47. The number of allylic oxidation sites excluding steroid dienone is 3. The molecular weight excluding hydrogens is 253 g/mol. The molecule has 1 aliphatic rings. The minimum Gasteiger partial charge on any atom is -0.373 e. The molecule has 3 heteroatoms. The van der Waals surface area contributed by atoms with Crippen LogP contribution in [-0.4, -0.2) is 11.3 Å². The SMILES string of the molecule is C=C(I)/C=C1/CC(O)NC1=C. The molecule has 1 fully saturated rings. The summed E-state index contributed by atoms with van der Waals surface area (Å²) in [6.07, 6.45) is 2.08. The van der Waals surface area contributed by atoms with E-state index < -0.39 is 6.23 Å². The molecule has 60 valence electrons. The lowest BCUT2D eigenvalue weighted by molar-refractivity contribution is 0.167. The van der Waals surface area contributed by atoms with E-state index in [0.717, 1.165) is 14.8 Å². The van der Waals surface area contributed by atoms with Crippen molar-refractivity contribution in [1.29, 1.82) is 0 Å². The summed E-state index contributed by atoms with van der Waals surface area (Å²) >= 11 is 2.13. The fourth-order valence-corrected chi connectivity index (χ4v) is 1.39. The van der Waals surface area contributed by atoms with Gasteiger partial charge in [0.25, 0.3) is 0 Å². The average molecular weight is 263 g/mol. The van der Waals surface area contributed by atoms with Crippen molar-refractivity contribution >= 4 is 22.6 Å². The molecule has 1 heterocycles. The summed E-state index contributed by atoms with van der Waals surface area (Å²) in [5.41, 5.74) is 1.84. The van der Waals surface area contributed by atoms with E-state index in [1.54, 1.807) is 0 Å². The largest absolute Gasteiger partial charge is 0.373 e. The Balaban J connectivity index is 2.75. The van der Waals surface area contributed by atoms with Crippen LogP contribution in [0.25, 0.3) is 0 Å². The number of aliphatic hydroxyl groups is 1. The van der Waals surface area contributed by atoms with Crippen molar-refractivity contribution in [2.45, 2.75) is 12.6 Å². The van der Waals surface area contributed by atoms with E-state index in [2.05, 4.69) is 41.1 Å². The van der Waals surface area contributed by atoms with E-state index in [0.29, 0.717) is 6.42 Å². The minimum absolute atomic E-state index is 0.468. The number of hydrogen-bond donors (Lipinski definition) is 2. The lowest BCUT2D eigenvalue weighted by Crippen LogP contribution is -2.17. The van der Waals surface area contributed by atoms with Crippen LogP contribution in [-0.2, 0) is 0 Å². The topological polar surface area (TPSA) is 32.3 Å². The molecule has 0 saturated carbocycles. The molecule has 0 bridgehead atoms. The standard InChI is InChI=1S/C8H10INO/c1-5(9)3-7-4-8(11)10-6(7)2/h3,8,10-11H,1-2,4H2/b7-3-. The van der Waals surface area contributed by atoms with Crippen molar-refractivity contribution in [3.05, 3.63) is 34.1 Å². The van der Waals surface area contributed by atoms with Gasteiger partial charge in [-0.25, -0.2) is 0 Å². The third-order valence-corrected chi connectivity index (χ3v) is 1.78. The molecule has 0 radical (unpaired) electrons. The summed E-state index contributed by atoms with van der Waals surface area (Å²) in [6, 6.07) is 0. The normalized spacial score (nSPS) is 27.3. The molecule has 2 nitrogen and oxygen atoms in total. The van der Waals surface area contributed by atoms with Crippen LogP contribution in [0.4, 0.5) is 0 Å². The van der Waals surface area contributed by atoms with Gasteiger partial charge in [-0.15, -0.1) is 0 Å². The average Bonchev–Trinajstić information content (AvgIpc) is 2.09. The number of hydrogen-bond acceptors (Lipinski definition) is 2. The number of rotatable bonds is 1. The van der Waals surface area contributed by atoms with E-state index in [9.17, 15) is 0 Å². The molecular formula is C8H10INO. The first kappa shape index (κ1) is 8.80. The first-order valence-electron chi connectivity index (χ1n) is 3.28. The van der Waals surface area contributed by atoms with E-state index in [1.807, 2.05) is 6.08 Å². The zero-order valence-electron chi connectivity index (χ0n) is 6.10. The molecule has 1 unspecified atom stereocenters. The van der Waals surface area contributed by atoms with Crippen LogP contribution >= 0.6 is 22.6 Å². The molecule has 1 saturated heterocycles. The highest BCUT2D eigenvalue weighted by atomic mass is 127. The van der Waals surface area contributed by atoms with Crippen molar-refractivity contribution in [3.8, 4) is 0 Å². The highest BCUT2D eigenvalue weighted by molar-refractivity contribution is 14.1. The molecule has 1 aliphatic heterocycles. The number of aliphatic hydroxyl groups excluding tert-OH is 1. The molecule has 11 heavy (non-hydrogen) atoms. The van der Waals surface area contributed by atoms with E-state index in [1.165, 1.54) is 0 Å². The van der Waals surface area contributed by atoms with Crippen LogP contribution in [0.3, 0.4) is 0 Å². The third kappa shape index (κ3) is 2.34. The Labute approximate surface area is 79.8 Å². The summed E-state index contributed by atoms with van der Waals surface area (Å²) in [4.78, 5) is 0. The minimum atomic E-state index is -0.468. The van der Waals surface area contributed by atoms with Crippen LogP contribution in [0.2, 0.25) is 0 Å². The van der Waals surface area contributed by atoms with Crippen LogP contribution in [0.1, 0.15) is 6.42 Å². The van der Waals surface area contributed by atoms with Gasteiger partial charge in [-0.05, 0) is 34.2 Å². The molecule has 1 rings (SSSR count). The Morgan fingerprint density at radius 3 is 2.82 bits per heavy atom. The Morgan fingerprint density at radius 1 is 1.82 bits per heavy atom.